The number of aryl methyl sites for hydroxylation is 1. The van der Waals surface area contributed by atoms with Crippen LogP contribution in [0.4, 0.5) is 0 Å². The van der Waals surface area contributed by atoms with Gasteiger partial charge in [0.15, 0.2) is 4.96 Å². The minimum absolute atomic E-state index is 0.0246. The fourth-order valence-corrected chi connectivity index (χ4v) is 5.28. The number of fused-ring (bicyclic) bond motifs is 4. The van der Waals surface area contributed by atoms with Crippen LogP contribution in [-0.4, -0.2) is 20.6 Å². The highest BCUT2D eigenvalue weighted by Gasteiger charge is 2.12. The van der Waals surface area contributed by atoms with Crippen molar-refractivity contribution in [2.24, 2.45) is 0 Å². The van der Waals surface area contributed by atoms with Crippen LogP contribution in [0.1, 0.15) is 11.1 Å². The molecule has 3 aromatic carbocycles. The number of thiazole rings is 1. The molecule has 0 saturated carbocycles. The summed E-state index contributed by atoms with van der Waals surface area (Å²) in [5, 5.41) is 1.11. The first-order chi connectivity index (χ1) is 16.2. The van der Waals surface area contributed by atoms with Crippen molar-refractivity contribution in [2.75, 3.05) is 6.61 Å². The van der Waals surface area contributed by atoms with Gasteiger partial charge in [-0.2, -0.15) is 0 Å². The summed E-state index contributed by atoms with van der Waals surface area (Å²) in [4.78, 5) is 18.5. The highest BCUT2D eigenvalue weighted by molar-refractivity contribution is 7.15. The van der Waals surface area contributed by atoms with Crippen molar-refractivity contribution in [1.82, 2.24) is 14.0 Å². The summed E-state index contributed by atoms with van der Waals surface area (Å²) in [5.74, 6) is 0.908. The van der Waals surface area contributed by atoms with Crippen molar-refractivity contribution in [3.63, 3.8) is 0 Å². The molecule has 6 heteroatoms. The van der Waals surface area contributed by atoms with Crippen molar-refractivity contribution in [2.45, 2.75) is 13.5 Å². The van der Waals surface area contributed by atoms with Crippen LogP contribution >= 0.6 is 11.3 Å². The largest absolute Gasteiger partial charge is 0.491 e. The molecule has 0 aliphatic rings. The maximum Gasteiger partial charge on any atom is 0.274 e. The first kappa shape index (κ1) is 19.8. The zero-order chi connectivity index (χ0) is 22.4. The molecule has 0 amide bonds. The third-order valence-corrected chi connectivity index (χ3v) is 6.90. The Morgan fingerprint density at radius 3 is 2.61 bits per heavy atom. The van der Waals surface area contributed by atoms with E-state index in [2.05, 4.69) is 40.9 Å². The molecular formula is C27H21N3O2S. The Kier molecular flexibility index (Phi) is 4.73. The van der Waals surface area contributed by atoms with Crippen LogP contribution in [0.3, 0.4) is 0 Å². The summed E-state index contributed by atoms with van der Waals surface area (Å²) in [6, 6.07) is 24.1. The maximum atomic E-state index is 13.2. The molecule has 0 aliphatic heterocycles. The molecule has 0 unspecified atom stereocenters. The Bertz CT molecular complexity index is 1740. The van der Waals surface area contributed by atoms with Gasteiger partial charge in [-0.05, 0) is 42.8 Å². The number of hydrogen-bond donors (Lipinski definition) is 0. The number of ether oxygens (including phenoxy) is 1. The number of hydrogen-bond acceptors (Lipinski definition) is 4. The third kappa shape index (κ3) is 3.39. The van der Waals surface area contributed by atoms with Crippen molar-refractivity contribution < 1.29 is 4.74 Å². The Morgan fingerprint density at radius 2 is 1.73 bits per heavy atom. The SMILES string of the molecule is Cc1ccccc1OCCn1cc(/C=c2\sc3nc4ccccc4n3c2=O)c2ccccc21. The van der Waals surface area contributed by atoms with Gasteiger partial charge in [0.05, 0.1) is 22.1 Å². The lowest BCUT2D eigenvalue weighted by molar-refractivity contribution is 0.298. The normalized spacial score (nSPS) is 12.3. The van der Waals surface area contributed by atoms with Gasteiger partial charge in [0.25, 0.3) is 5.56 Å². The van der Waals surface area contributed by atoms with E-state index in [9.17, 15) is 4.79 Å². The van der Waals surface area contributed by atoms with Gasteiger partial charge < -0.3 is 9.30 Å². The van der Waals surface area contributed by atoms with Gasteiger partial charge in [0, 0.05) is 22.7 Å². The van der Waals surface area contributed by atoms with E-state index in [1.165, 1.54) is 11.3 Å². The minimum Gasteiger partial charge on any atom is -0.491 e. The van der Waals surface area contributed by atoms with Crippen molar-refractivity contribution in [3.05, 3.63) is 105 Å². The lowest BCUT2D eigenvalue weighted by Gasteiger charge is -2.10. The molecule has 33 heavy (non-hydrogen) atoms. The first-order valence-corrected chi connectivity index (χ1v) is 11.7. The molecule has 0 bridgehead atoms. The Balaban J connectivity index is 1.38. The molecule has 0 N–H and O–H groups in total. The highest BCUT2D eigenvalue weighted by Crippen LogP contribution is 2.23. The average Bonchev–Trinajstić information content (AvgIpc) is 3.47. The van der Waals surface area contributed by atoms with Gasteiger partial charge in [-0.25, -0.2) is 9.38 Å². The predicted octanol–water partition coefficient (Wildman–Crippen LogP) is 4.80. The molecular weight excluding hydrogens is 430 g/mol. The molecule has 0 spiro atoms. The lowest BCUT2D eigenvalue weighted by atomic mass is 10.2. The van der Waals surface area contributed by atoms with Crippen LogP contribution in [0.5, 0.6) is 5.75 Å². The summed E-state index contributed by atoms with van der Waals surface area (Å²) in [6.07, 6.45) is 4.09. The quantitative estimate of drug-likeness (QED) is 0.378. The topological polar surface area (TPSA) is 48.5 Å². The van der Waals surface area contributed by atoms with Gasteiger partial charge in [-0.1, -0.05) is 59.9 Å². The van der Waals surface area contributed by atoms with Crippen molar-refractivity contribution in [3.8, 4) is 5.75 Å². The summed E-state index contributed by atoms with van der Waals surface area (Å²) >= 11 is 1.43. The second kappa shape index (κ2) is 7.90. The van der Waals surface area contributed by atoms with Gasteiger partial charge in [0.2, 0.25) is 0 Å². The molecule has 0 fully saturated rings. The number of imidazole rings is 1. The summed E-state index contributed by atoms with van der Waals surface area (Å²) in [5.41, 5.74) is 4.94. The van der Waals surface area contributed by atoms with Crippen LogP contribution in [0.25, 0.3) is 33.0 Å². The standard InChI is InChI=1S/C27H21N3O2S/c1-18-8-2-7-13-24(18)32-15-14-29-17-19(20-9-3-5-11-22(20)29)16-25-26(31)30-23-12-6-4-10-21(23)28-27(30)33-25/h2-13,16-17H,14-15H2,1H3/b25-16-. The van der Waals surface area contributed by atoms with E-state index in [4.69, 9.17) is 4.74 Å². The summed E-state index contributed by atoms with van der Waals surface area (Å²) in [6.45, 7) is 3.33. The van der Waals surface area contributed by atoms with Crippen molar-refractivity contribution in [1.29, 1.82) is 0 Å². The number of nitrogens with zero attached hydrogens (tertiary/aromatic N) is 3. The van der Waals surface area contributed by atoms with E-state index in [0.717, 1.165) is 43.8 Å². The Hall–Kier alpha value is -3.90. The maximum absolute atomic E-state index is 13.2. The van der Waals surface area contributed by atoms with E-state index in [1.54, 1.807) is 4.40 Å². The van der Waals surface area contributed by atoms with Crippen LogP contribution in [-0.2, 0) is 6.54 Å². The van der Waals surface area contributed by atoms with Gasteiger partial charge in [-0.15, -0.1) is 0 Å². The van der Waals surface area contributed by atoms with Crippen LogP contribution < -0.4 is 14.8 Å². The van der Waals surface area contributed by atoms with Crippen molar-refractivity contribution >= 4 is 44.3 Å². The molecule has 0 saturated heterocycles. The molecule has 162 valence electrons. The highest BCUT2D eigenvalue weighted by atomic mass is 32.1. The molecule has 3 heterocycles. The smallest absolute Gasteiger partial charge is 0.274 e. The predicted molar refractivity (Wildman–Crippen MR) is 134 cm³/mol. The van der Waals surface area contributed by atoms with Crippen LogP contribution in [0, 0.1) is 6.92 Å². The second-order valence-electron chi connectivity index (χ2n) is 8.04. The molecule has 0 atom stereocenters. The van der Waals surface area contributed by atoms with Gasteiger partial charge in [-0.3, -0.25) is 4.79 Å². The average molecular weight is 452 g/mol. The van der Waals surface area contributed by atoms with E-state index in [0.29, 0.717) is 17.7 Å². The first-order valence-electron chi connectivity index (χ1n) is 10.9. The lowest BCUT2D eigenvalue weighted by Crippen LogP contribution is -2.22. The molecule has 5 nitrogen and oxygen atoms in total. The minimum atomic E-state index is -0.0246. The number of para-hydroxylation sites is 4. The molecule has 3 aromatic heterocycles. The Labute approximate surface area is 193 Å². The van der Waals surface area contributed by atoms with Crippen LogP contribution in [0.15, 0.2) is 83.8 Å². The van der Waals surface area contributed by atoms with E-state index < -0.39 is 0 Å². The molecule has 0 aliphatic carbocycles. The van der Waals surface area contributed by atoms with Gasteiger partial charge in [0.1, 0.15) is 12.4 Å². The monoisotopic (exact) mass is 451 g/mol. The molecule has 6 rings (SSSR count). The zero-order valence-corrected chi connectivity index (χ0v) is 18.9. The van der Waals surface area contributed by atoms with Gasteiger partial charge >= 0.3 is 0 Å². The van der Waals surface area contributed by atoms with Crippen LogP contribution in [0.2, 0.25) is 0 Å². The fraction of sp³-hybridized carbons (Fsp3) is 0.111. The zero-order valence-electron chi connectivity index (χ0n) is 18.1. The number of benzene rings is 3. The summed E-state index contributed by atoms with van der Waals surface area (Å²) < 4.78 is 10.6. The molecule has 0 radical (unpaired) electrons. The molecule has 6 aromatic rings. The fourth-order valence-electron chi connectivity index (χ4n) is 4.30. The second-order valence-corrected chi connectivity index (χ2v) is 9.05. The van der Waals surface area contributed by atoms with E-state index >= 15 is 0 Å². The Morgan fingerprint density at radius 1 is 0.970 bits per heavy atom. The number of aromatic nitrogens is 3. The number of rotatable bonds is 5. The van der Waals surface area contributed by atoms with E-state index in [1.807, 2.05) is 60.7 Å². The summed E-state index contributed by atoms with van der Waals surface area (Å²) in [7, 11) is 0. The van der Waals surface area contributed by atoms with E-state index in [-0.39, 0.29) is 5.56 Å². The third-order valence-electron chi connectivity index (χ3n) is 5.93.